The van der Waals surface area contributed by atoms with Crippen molar-refractivity contribution >= 4 is 18.0 Å². The maximum absolute atomic E-state index is 13.4. The van der Waals surface area contributed by atoms with Gasteiger partial charge in [0.1, 0.15) is 22.8 Å². The molecule has 0 bridgehead atoms. The summed E-state index contributed by atoms with van der Waals surface area (Å²) >= 11 is 0. The van der Waals surface area contributed by atoms with E-state index in [9.17, 15) is 9.59 Å². The average Bonchev–Trinajstić information content (AvgIpc) is 3.25. The lowest BCUT2D eigenvalue weighted by Crippen LogP contribution is -2.54. The van der Waals surface area contributed by atoms with Gasteiger partial charge in [0, 0.05) is 24.9 Å². The molecule has 0 aromatic carbocycles. The first kappa shape index (κ1) is 29.0. The number of rotatable bonds is 7. The number of carbonyl (C=O) groups excluding carboxylic acids is 2. The molecule has 0 aliphatic carbocycles. The molecule has 1 fully saturated rings. The molecule has 1 aromatic heterocycles. The van der Waals surface area contributed by atoms with Crippen LogP contribution in [0.3, 0.4) is 0 Å². The van der Waals surface area contributed by atoms with Crippen molar-refractivity contribution in [3.8, 4) is 5.75 Å². The van der Waals surface area contributed by atoms with Gasteiger partial charge in [-0.25, -0.2) is 14.6 Å². The zero-order valence-electron chi connectivity index (χ0n) is 23.9. The van der Waals surface area contributed by atoms with Crippen LogP contribution in [0.15, 0.2) is 12.3 Å². The zero-order valence-corrected chi connectivity index (χ0v) is 23.9. The first-order chi connectivity index (χ1) is 17.2. The van der Waals surface area contributed by atoms with Gasteiger partial charge in [-0.3, -0.25) is 4.90 Å². The minimum Gasteiger partial charge on any atom is -0.496 e. The standard InChI is InChI=1S/C28H45N3O6/c1-26(2,3)36-24(32)30-17-13-20(19-30)35-18-10-9-14-28(7)15-11-21-22(34-8)12-16-29-23(21)31(28)25(33)37-27(4,5)6/h12,16,20H,9-11,13-15,17-19H2,1-8H3/t20-,28?/m1/s1. The third-order valence-corrected chi connectivity index (χ3v) is 6.71. The predicted molar refractivity (Wildman–Crippen MR) is 142 cm³/mol. The molecule has 1 aromatic rings. The Morgan fingerprint density at radius 3 is 2.41 bits per heavy atom. The average molecular weight is 520 g/mol. The Labute approximate surface area is 221 Å². The molecule has 2 amide bonds. The Kier molecular flexibility index (Phi) is 8.98. The van der Waals surface area contributed by atoms with Crippen molar-refractivity contribution in [1.82, 2.24) is 9.88 Å². The van der Waals surface area contributed by atoms with Crippen LogP contribution in [-0.2, 0) is 20.6 Å². The fourth-order valence-electron chi connectivity index (χ4n) is 4.91. The Morgan fingerprint density at radius 2 is 1.76 bits per heavy atom. The third kappa shape index (κ3) is 7.72. The van der Waals surface area contributed by atoms with Crippen molar-refractivity contribution in [2.45, 2.75) is 110 Å². The largest absolute Gasteiger partial charge is 0.496 e. The molecule has 3 heterocycles. The summed E-state index contributed by atoms with van der Waals surface area (Å²) in [6.07, 6.45) is 5.96. The molecule has 3 rings (SSSR count). The van der Waals surface area contributed by atoms with Crippen LogP contribution in [0.5, 0.6) is 5.75 Å². The highest BCUT2D eigenvalue weighted by Gasteiger charge is 2.44. The van der Waals surface area contributed by atoms with Crippen LogP contribution >= 0.6 is 0 Å². The van der Waals surface area contributed by atoms with Crippen molar-refractivity contribution in [3.63, 3.8) is 0 Å². The van der Waals surface area contributed by atoms with Gasteiger partial charge in [-0.05, 0) is 93.1 Å². The number of pyridine rings is 1. The lowest BCUT2D eigenvalue weighted by Gasteiger charge is -2.45. The summed E-state index contributed by atoms with van der Waals surface area (Å²) in [4.78, 5) is 33.7. The number of methoxy groups -OCH3 is 1. The number of anilines is 1. The quantitative estimate of drug-likeness (QED) is 0.425. The maximum atomic E-state index is 13.4. The van der Waals surface area contributed by atoms with Gasteiger partial charge in [-0.15, -0.1) is 0 Å². The van der Waals surface area contributed by atoms with E-state index in [0.717, 1.165) is 49.8 Å². The predicted octanol–water partition coefficient (Wildman–Crippen LogP) is 5.73. The van der Waals surface area contributed by atoms with Gasteiger partial charge < -0.3 is 23.8 Å². The summed E-state index contributed by atoms with van der Waals surface area (Å²) in [5.74, 6) is 1.36. The summed E-state index contributed by atoms with van der Waals surface area (Å²) < 4.78 is 22.9. The van der Waals surface area contributed by atoms with Crippen LogP contribution < -0.4 is 9.64 Å². The first-order valence-electron chi connectivity index (χ1n) is 13.4. The van der Waals surface area contributed by atoms with Gasteiger partial charge in [-0.2, -0.15) is 0 Å². The zero-order chi connectivity index (χ0) is 27.4. The number of hydrogen-bond donors (Lipinski definition) is 0. The molecule has 0 spiro atoms. The summed E-state index contributed by atoms with van der Waals surface area (Å²) in [5.41, 5.74) is -0.612. The lowest BCUT2D eigenvalue weighted by atomic mass is 9.83. The van der Waals surface area contributed by atoms with Crippen LogP contribution in [-0.4, -0.2) is 71.7 Å². The second kappa shape index (κ2) is 11.5. The number of unbranched alkanes of at least 4 members (excludes halogenated alkanes) is 1. The van der Waals surface area contributed by atoms with Crippen molar-refractivity contribution in [3.05, 3.63) is 17.8 Å². The number of amides is 2. The second-order valence-corrected chi connectivity index (χ2v) is 12.3. The van der Waals surface area contributed by atoms with E-state index in [0.29, 0.717) is 25.5 Å². The molecular formula is C28H45N3O6. The molecule has 9 heteroatoms. The minimum atomic E-state index is -0.614. The fraction of sp³-hybridized carbons (Fsp3) is 0.750. The van der Waals surface area contributed by atoms with E-state index in [1.165, 1.54) is 0 Å². The Bertz CT molecular complexity index is 954. The number of ether oxygens (including phenoxy) is 4. The van der Waals surface area contributed by atoms with Crippen molar-refractivity contribution in [2.75, 3.05) is 31.7 Å². The molecule has 2 aliphatic heterocycles. The summed E-state index contributed by atoms with van der Waals surface area (Å²) in [6.45, 7) is 15.2. The number of carbonyl (C=O) groups is 2. The minimum absolute atomic E-state index is 0.0274. The highest BCUT2D eigenvalue weighted by molar-refractivity contribution is 5.90. The summed E-state index contributed by atoms with van der Waals surface area (Å²) in [6, 6.07) is 1.83. The molecule has 0 saturated carbocycles. The van der Waals surface area contributed by atoms with Gasteiger partial charge in [0.2, 0.25) is 0 Å². The van der Waals surface area contributed by atoms with Crippen LogP contribution in [0.1, 0.15) is 86.1 Å². The molecule has 2 aliphatic rings. The van der Waals surface area contributed by atoms with Gasteiger partial charge in [-0.1, -0.05) is 0 Å². The molecule has 9 nitrogen and oxygen atoms in total. The number of fused-ring (bicyclic) bond motifs is 1. The molecule has 1 saturated heterocycles. The van der Waals surface area contributed by atoms with Crippen LogP contribution in [0.4, 0.5) is 15.4 Å². The Balaban J connectivity index is 1.57. The van der Waals surface area contributed by atoms with E-state index in [2.05, 4.69) is 11.9 Å². The third-order valence-electron chi connectivity index (χ3n) is 6.71. The van der Waals surface area contributed by atoms with E-state index < -0.39 is 16.7 Å². The smallest absolute Gasteiger partial charge is 0.416 e. The van der Waals surface area contributed by atoms with E-state index in [4.69, 9.17) is 18.9 Å². The summed E-state index contributed by atoms with van der Waals surface area (Å²) in [5, 5.41) is 0. The van der Waals surface area contributed by atoms with E-state index in [-0.39, 0.29) is 18.3 Å². The molecule has 1 unspecified atom stereocenters. The van der Waals surface area contributed by atoms with Crippen molar-refractivity contribution in [2.24, 2.45) is 0 Å². The Morgan fingerprint density at radius 1 is 1.08 bits per heavy atom. The van der Waals surface area contributed by atoms with Crippen LogP contribution in [0.2, 0.25) is 0 Å². The molecule has 37 heavy (non-hydrogen) atoms. The van der Waals surface area contributed by atoms with Crippen LogP contribution in [0.25, 0.3) is 0 Å². The fourth-order valence-corrected chi connectivity index (χ4v) is 4.91. The van der Waals surface area contributed by atoms with Gasteiger partial charge in [0.25, 0.3) is 0 Å². The molecule has 0 N–H and O–H groups in total. The lowest BCUT2D eigenvalue weighted by molar-refractivity contribution is 0.0203. The van der Waals surface area contributed by atoms with Gasteiger partial charge in [0.05, 0.1) is 25.3 Å². The molecular weight excluding hydrogens is 474 g/mol. The number of hydrogen-bond acceptors (Lipinski definition) is 7. The highest BCUT2D eigenvalue weighted by Crippen LogP contribution is 2.42. The molecule has 0 radical (unpaired) electrons. The molecule has 2 atom stereocenters. The monoisotopic (exact) mass is 519 g/mol. The SMILES string of the molecule is COc1ccnc2c1CCC(C)(CCCCO[C@@H]1CCN(C(=O)OC(C)(C)C)C1)N2C(=O)OC(C)(C)C. The molecule has 208 valence electrons. The first-order valence-corrected chi connectivity index (χ1v) is 13.4. The van der Waals surface area contributed by atoms with Gasteiger partial charge in [0.15, 0.2) is 0 Å². The van der Waals surface area contributed by atoms with E-state index >= 15 is 0 Å². The van der Waals surface area contributed by atoms with Crippen molar-refractivity contribution < 1.29 is 28.5 Å². The van der Waals surface area contributed by atoms with E-state index in [1.807, 2.05) is 47.6 Å². The normalized spacial score (nSPS) is 22.0. The maximum Gasteiger partial charge on any atom is 0.416 e. The number of aromatic nitrogens is 1. The Hall–Kier alpha value is -2.55. The highest BCUT2D eigenvalue weighted by atomic mass is 16.6. The number of likely N-dealkylation sites (tertiary alicyclic amines) is 1. The summed E-state index contributed by atoms with van der Waals surface area (Å²) in [7, 11) is 1.64. The van der Waals surface area contributed by atoms with Crippen molar-refractivity contribution in [1.29, 1.82) is 0 Å². The van der Waals surface area contributed by atoms with Crippen LogP contribution in [0, 0.1) is 0 Å². The second-order valence-electron chi connectivity index (χ2n) is 12.3. The van der Waals surface area contributed by atoms with E-state index in [1.54, 1.807) is 23.1 Å². The van der Waals surface area contributed by atoms with Gasteiger partial charge >= 0.3 is 12.2 Å². The number of nitrogens with zero attached hydrogens (tertiary/aromatic N) is 3. The topological polar surface area (TPSA) is 90.4 Å².